The van der Waals surface area contributed by atoms with Gasteiger partial charge in [0.1, 0.15) is 5.82 Å². The zero-order valence-electron chi connectivity index (χ0n) is 11.2. The fourth-order valence-electron chi connectivity index (χ4n) is 1.59. The standard InChI is InChI=1S/C12H16ClFN2O3S/c1-3-4-5-16(2)12(17)9-6-8(20(15,18)19)7-10(14)11(9)13/h6-7H,3-5H2,1-2H3,(H2,15,18,19). The van der Waals surface area contributed by atoms with Crippen molar-refractivity contribution >= 4 is 27.5 Å². The van der Waals surface area contributed by atoms with Crippen LogP contribution < -0.4 is 5.14 Å². The molecule has 0 aliphatic carbocycles. The smallest absolute Gasteiger partial charge is 0.255 e. The summed E-state index contributed by atoms with van der Waals surface area (Å²) in [6.45, 7) is 2.43. The predicted octanol–water partition coefficient (Wildman–Crippen LogP) is 2.00. The lowest BCUT2D eigenvalue weighted by atomic mass is 10.2. The molecule has 0 aromatic heterocycles. The summed E-state index contributed by atoms with van der Waals surface area (Å²) in [5, 5.41) is 4.53. The van der Waals surface area contributed by atoms with Gasteiger partial charge < -0.3 is 4.90 Å². The van der Waals surface area contributed by atoms with E-state index < -0.39 is 31.7 Å². The number of hydrogen-bond acceptors (Lipinski definition) is 3. The molecule has 1 aromatic carbocycles. The highest BCUT2D eigenvalue weighted by Crippen LogP contribution is 2.25. The van der Waals surface area contributed by atoms with Crippen molar-refractivity contribution in [3.05, 3.63) is 28.5 Å². The summed E-state index contributed by atoms with van der Waals surface area (Å²) in [7, 11) is -2.57. The first kappa shape index (κ1) is 16.9. The average molecular weight is 323 g/mol. The summed E-state index contributed by atoms with van der Waals surface area (Å²) >= 11 is 5.73. The number of primary sulfonamides is 1. The summed E-state index contributed by atoms with van der Waals surface area (Å²) in [5.41, 5.74) is -0.214. The van der Waals surface area contributed by atoms with Crippen LogP contribution in [0.3, 0.4) is 0 Å². The first-order valence-electron chi connectivity index (χ1n) is 5.95. The maximum Gasteiger partial charge on any atom is 0.255 e. The van der Waals surface area contributed by atoms with E-state index in [0.29, 0.717) is 12.6 Å². The van der Waals surface area contributed by atoms with Gasteiger partial charge in [0.2, 0.25) is 10.0 Å². The van der Waals surface area contributed by atoms with E-state index >= 15 is 0 Å². The molecule has 1 aromatic rings. The van der Waals surface area contributed by atoms with Crippen LogP contribution in [0.1, 0.15) is 30.1 Å². The van der Waals surface area contributed by atoms with Crippen LogP contribution in [0.25, 0.3) is 0 Å². The minimum absolute atomic E-state index is 0.214. The van der Waals surface area contributed by atoms with Crippen LogP contribution in [-0.2, 0) is 10.0 Å². The summed E-state index contributed by atoms with van der Waals surface area (Å²) in [6.07, 6.45) is 1.66. The molecule has 0 radical (unpaired) electrons. The number of hydrogen-bond donors (Lipinski definition) is 1. The van der Waals surface area contributed by atoms with Gasteiger partial charge in [0.25, 0.3) is 5.91 Å². The third-order valence-corrected chi connectivity index (χ3v) is 4.03. The number of sulfonamides is 1. The number of carbonyl (C=O) groups is 1. The molecule has 5 nitrogen and oxygen atoms in total. The molecule has 0 saturated heterocycles. The van der Waals surface area contributed by atoms with Crippen LogP contribution in [0.15, 0.2) is 17.0 Å². The number of unbranched alkanes of at least 4 members (excludes halogenated alkanes) is 1. The fraction of sp³-hybridized carbons (Fsp3) is 0.417. The van der Waals surface area contributed by atoms with Gasteiger partial charge in [0.05, 0.1) is 15.5 Å². The number of nitrogens with two attached hydrogens (primary N) is 1. The second kappa shape index (κ2) is 6.51. The molecule has 0 saturated carbocycles. The van der Waals surface area contributed by atoms with Crippen LogP contribution in [0, 0.1) is 5.82 Å². The summed E-state index contributed by atoms with van der Waals surface area (Å²) < 4.78 is 36.1. The van der Waals surface area contributed by atoms with Crippen molar-refractivity contribution in [3.8, 4) is 0 Å². The minimum atomic E-state index is -4.11. The van der Waals surface area contributed by atoms with Crippen LogP contribution in [-0.4, -0.2) is 32.8 Å². The molecule has 0 unspecified atom stereocenters. The molecule has 0 aliphatic heterocycles. The molecular weight excluding hydrogens is 307 g/mol. The minimum Gasteiger partial charge on any atom is -0.342 e. The summed E-state index contributed by atoms with van der Waals surface area (Å²) in [5.74, 6) is -1.54. The second-order valence-electron chi connectivity index (χ2n) is 4.39. The van der Waals surface area contributed by atoms with Gasteiger partial charge in [-0.3, -0.25) is 4.79 Å². The third-order valence-electron chi connectivity index (χ3n) is 2.75. The molecule has 0 fully saturated rings. The van der Waals surface area contributed by atoms with E-state index in [4.69, 9.17) is 16.7 Å². The van der Waals surface area contributed by atoms with E-state index in [9.17, 15) is 17.6 Å². The van der Waals surface area contributed by atoms with E-state index in [1.807, 2.05) is 6.92 Å². The van der Waals surface area contributed by atoms with Crippen molar-refractivity contribution in [1.82, 2.24) is 4.90 Å². The van der Waals surface area contributed by atoms with Gasteiger partial charge in [-0.15, -0.1) is 0 Å². The van der Waals surface area contributed by atoms with Crippen molar-refractivity contribution in [3.63, 3.8) is 0 Å². The molecule has 0 spiro atoms. The van der Waals surface area contributed by atoms with Crippen molar-refractivity contribution in [2.24, 2.45) is 5.14 Å². The zero-order chi connectivity index (χ0) is 15.5. The monoisotopic (exact) mass is 322 g/mol. The van der Waals surface area contributed by atoms with Crippen LogP contribution >= 0.6 is 11.6 Å². The third kappa shape index (κ3) is 3.91. The molecule has 1 amide bonds. The highest BCUT2D eigenvalue weighted by Gasteiger charge is 2.21. The van der Waals surface area contributed by atoms with Crippen LogP contribution in [0.2, 0.25) is 5.02 Å². The Labute approximate surface area is 122 Å². The van der Waals surface area contributed by atoms with Gasteiger partial charge in [-0.05, 0) is 18.6 Å². The number of carbonyl (C=O) groups excluding carboxylic acids is 1. The van der Waals surface area contributed by atoms with Crippen LogP contribution in [0.4, 0.5) is 4.39 Å². The Bertz CT molecular complexity index is 619. The fourth-order valence-corrected chi connectivity index (χ4v) is 2.33. The van der Waals surface area contributed by atoms with Gasteiger partial charge in [0.15, 0.2) is 0 Å². The Morgan fingerprint density at radius 2 is 2.05 bits per heavy atom. The molecule has 1 rings (SSSR count). The second-order valence-corrected chi connectivity index (χ2v) is 6.33. The number of rotatable bonds is 5. The molecule has 2 N–H and O–H groups in total. The van der Waals surface area contributed by atoms with E-state index in [1.54, 1.807) is 0 Å². The number of benzene rings is 1. The van der Waals surface area contributed by atoms with Gasteiger partial charge in [-0.2, -0.15) is 0 Å². The van der Waals surface area contributed by atoms with Gasteiger partial charge in [-0.25, -0.2) is 17.9 Å². The maximum atomic E-state index is 13.6. The lowest BCUT2D eigenvalue weighted by molar-refractivity contribution is 0.0792. The van der Waals surface area contributed by atoms with Crippen molar-refractivity contribution in [2.45, 2.75) is 24.7 Å². The lowest BCUT2D eigenvalue weighted by Crippen LogP contribution is -2.28. The van der Waals surface area contributed by atoms with E-state index in [2.05, 4.69) is 0 Å². The van der Waals surface area contributed by atoms with Crippen molar-refractivity contribution in [2.75, 3.05) is 13.6 Å². The molecule has 0 aliphatic rings. The molecule has 20 heavy (non-hydrogen) atoms. The number of halogens is 2. The Balaban J connectivity index is 3.24. The zero-order valence-corrected chi connectivity index (χ0v) is 12.8. The molecular formula is C12H16ClFN2O3S. The van der Waals surface area contributed by atoms with Gasteiger partial charge in [-0.1, -0.05) is 24.9 Å². The van der Waals surface area contributed by atoms with Gasteiger partial charge >= 0.3 is 0 Å². The summed E-state index contributed by atoms with van der Waals surface area (Å²) in [4.78, 5) is 13.0. The number of amides is 1. The molecule has 0 atom stereocenters. The van der Waals surface area contributed by atoms with E-state index in [-0.39, 0.29) is 5.56 Å². The first-order valence-corrected chi connectivity index (χ1v) is 7.88. The highest BCUT2D eigenvalue weighted by atomic mass is 35.5. The van der Waals surface area contributed by atoms with E-state index in [1.165, 1.54) is 11.9 Å². The van der Waals surface area contributed by atoms with Crippen molar-refractivity contribution < 1.29 is 17.6 Å². The number of nitrogens with zero attached hydrogens (tertiary/aromatic N) is 1. The topological polar surface area (TPSA) is 80.5 Å². The molecule has 0 bridgehead atoms. The molecule has 8 heteroatoms. The largest absolute Gasteiger partial charge is 0.342 e. The predicted molar refractivity (Wildman–Crippen MR) is 74.7 cm³/mol. The SMILES string of the molecule is CCCCN(C)C(=O)c1cc(S(N)(=O)=O)cc(F)c1Cl. The first-order chi connectivity index (χ1) is 9.18. The quantitative estimate of drug-likeness (QED) is 0.900. The van der Waals surface area contributed by atoms with E-state index in [0.717, 1.165) is 18.9 Å². The van der Waals surface area contributed by atoms with Crippen LogP contribution in [0.5, 0.6) is 0 Å². The molecule has 112 valence electrons. The highest BCUT2D eigenvalue weighted by molar-refractivity contribution is 7.89. The average Bonchev–Trinajstić information content (AvgIpc) is 2.36. The molecule has 0 heterocycles. The summed E-state index contributed by atoms with van der Waals surface area (Å²) in [6, 6.07) is 1.69. The maximum absolute atomic E-state index is 13.6. The van der Waals surface area contributed by atoms with Crippen molar-refractivity contribution in [1.29, 1.82) is 0 Å². The Morgan fingerprint density at radius 3 is 2.55 bits per heavy atom. The van der Waals surface area contributed by atoms with Gasteiger partial charge in [0, 0.05) is 13.6 Å². The Hall–Kier alpha value is -1.18. The Kier molecular flexibility index (Phi) is 5.50. The lowest BCUT2D eigenvalue weighted by Gasteiger charge is -2.18. The normalized spacial score (nSPS) is 11.4. The Morgan fingerprint density at radius 1 is 1.45 bits per heavy atom.